The van der Waals surface area contributed by atoms with Gasteiger partial charge >= 0.3 is 0 Å². The number of aliphatic hydroxyl groups is 1. The van der Waals surface area contributed by atoms with E-state index in [9.17, 15) is 14.3 Å². The van der Waals surface area contributed by atoms with Crippen molar-refractivity contribution in [1.29, 1.82) is 0 Å². The number of ether oxygens (including phenoxy) is 1. The van der Waals surface area contributed by atoms with Crippen LogP contribution in [0.15, 0.2) is 67.3 Å². The van der Waals surface area contributed by atoms with Crippen LogP contribution in [0.1, 0.15) is 41.5 Å². The summed E-state index contributed by atoms with van der Waals surface area (Å²) >= 11 is 0. The van der Waals surface area contributed by atoms with E-state index in [1.165, 1.54) is 19.2 Å². The molecule has 10 heteroatoms. The van der Waals surface area contributed by atoms with Crippen molar-refractivity contribution < 1.29 is 19.0 Å². The number of aryl methyl sites for hydroxylation is 1. The van der Waals surface area contributed by atoms with E-state index in [4.69, 9.17) is 4.74 Å². The molecule has 36 heavy (non-hydrogen) atoms. The van der Waals surface area contributed by atoms with Gasteiger partial charge in [-0.25, -0.2) is 14.4 Å². The van der Waals surface area contributed by atoms with E-state index in [1.807, 2.05) is 0 Å². The highest BCUT2D eigenvalue weighted by molar-refractivity contribution is 5.95. The fourth-order valence-electron chi connectivity index (χ4n) is 3.53. The molecular weight excluding hydrogens is 463 g/mol. The predicted molar refractivity (Wildman–Crippen MR) is 134 cm³/mol. The molecule has 0 radical (unpaired) electrons. The smallest absolute Gasteiger partial charge is 0.270 e. The van der Waals surface area contributed by atoms with Crippen molar-refractivity contribution in [2.45, 2.75) is 25.5 Å². The van der Waals surface area contributed by atoms with Crippen LogP contribution < -0.4 is 15.4 Å². The molecule has 186 valence electrons. The number of hydrogen-bond acceptors (Lipinski definition) is 7. The largest absolute Gasteiger partial charge is 0.494 e. The molecule has 0 aliphatic heterocycles. The molecule has 4 rings (SSSR count). The number of halogens is 1. The molecule has 1 atom stereocenters. The molecule has 3 heterocycles. The maximum atomic E-state index is 14.5. The number of anilines is 1. The summed E-state index contributed by atoms with van der Waals surface area (Å²) in [6.07, 6.45) is 4.97. The van der Waals surface area contributed by atoms with Gasteiger partial charge in [0.15, 0.2) is 11.6 Å². The van der Waals surface area contributed by atoms with Crippen LogP contribution >= 0.6 is 0 Å². The fourth-order valence-corrected chi connectivity index (χ4v) is 3.53. The molecule has 1 aromatic carbocycles. The van der Waals surface area contributed by atoms with Crippen molar-refractivity contribution in [2.75, 3.05) is 12.4 Å². The van der Waals surface area contributed by atoms with Gasteiger partial charge in [-0.15, -0.1) is 0 Å². The number of methoxy groups -OCH3 is 1. The maximum absolute atomic E-state index is 14.5. The Kier molecular flexibility index (Phi) is 6.71. The van der Waals surface area contributed by atoms with Gasteiger partial charge in [-0.2, -0.15) is 5.10 Å². The number of benzene rings is 1. The number of carbonyl (C=O) groups is 1. The zero-order valence-corrected chi connectivity index (χ0v) is 20.4. The quantitative estimate of drug-likeness (QED) is 0.345. The third kappa shape index (κ3) is 5.33. The summed E-state index contributed by atoms with van der Waals surface area (Å²) < 4.78 is 21.1. The van der Waals surface area contributed by atoms with Crippen LogP contribution in [-0.2, 0) is 7.05 Å². The van der Waals surface area contributed by atoms with Gasteiger partial charge in [0.1, 0.15) is 11.5 Å². The van der Waals surface area contributed by atoms with E-state index in [1.54, 1.807) is 68.4 Å². The first kappa shape index (κ1) is 24.8. The highest BCUT2D eigenvalue weighted by Crippen LogP contribution is 2.27. The van der Waals surface area contributed by atoms with Crippen molar-refractivity contribution in [3.63, 3.8) is 0 Å². The normalized spacial score (nSPS) is 12.3. The minimum Gasteiger partial charge on any atom is -0.494 e. The molecule has 3 N–H and O–H groups in total. The highest BCUT2D eigenvalue weighted by atomic mass is 19.1. The molecule has 1 amide bonds. The van der Waals surface area contributed by atoms with Gasteiger partial charge in [0, 0.05) is 42.2 Å². The predicted octanol–water partition coefficient (Wildman–Crippen LogP) is 3.73. The van der Waals surface area contributed by atoms with Crippen molar-refractivity contribution in [2.24, 2.45) is 7.05 Å². The average molecular weight is 491 g/mol. The summed E-state index contributed by atoms with van der Waals surface area (Å²) in [4.78, 5) is 22.1. The molecule has 0 aliphatic carbocycles. The second kappa shape index (κ2) is 9.74. The Labute approximate surface area is 207 Å². The lowest BCUT2D eigenvalue weighted by molar-refractivity contribution is 0.0938. The van der Waals surface area contributed by atoms with Crippen LogP contribution in [0.2, 0.25) is 0 Å². The topological polar surface area (TPSA) is 114 Å². The third-order valence-electron chi connectivity index (χ3n) is 5.67. The Hall–Kier alpha value is -4.31. The summed E-state index contributed by atoms with van der Waals surface area (Å²) in [6.45, 7) is 7.05. The van der Waals surface area contributed by atoms with Gasteiger partial charge in [-0.3, -0.25) is 9.48 Å². The Morgan fingerprint density at radius 2 is 1.97 bits per heavy atom. The molecule has 0 aliphatic rings. The van der Waals surface area contributed by atoms with E-state index in [-0.39, 0.29) is 11.4 Å². The summed E-state index contributed by atoms with van der Waals surface area (Å²) in [5.74, 6) is -0.450. The van der Waals surface area contributed by atoms with Gasteiger partial charge in [-0.05, 0) is 43.7 Å². The molecule has 0 bridgehead atoms. The third-order valence-corrected chi connectivity index (χ3v) is 5.67. The number of hydrogen-bond donors (Lipinski definition) is 3. The van der Waals surface area contributed by atoms with Crippen LogP contribution in [0.4, 0.5) is 10.2 Å². The number of pyridine rings is 2. The van der Waals surface area contributed by atoms with E-state index in [0.717, 1.165) is 5.39 Å². The number of fused-ring (bicyclic) bond motifs is 1. The molecule has 9 nitrogen and oxygen atoms in total. The Morgan fingerprint density at radius 1 is 1.19 bits per heavy atom. The first-order valence-electron chi connectivity index (χ1n) is 11.1. The summed E-state index contributed by atoms with van der Waals surface area (Å²) in [5.41, 5.74) is 1.12. The minimum atomic E-state index is -1.14. The number of nitrogens with one attached hydrogen (secondary N) is 2. The Balaban J connectivity index is 1.64. The number of carbonyl (C=O) groups excluding carboxylic acids is 1. The van der Waals surface area contributed by atoms with Crippen LogP contribution in [0, 0.1) is 5.82 Å². The molecule has 3 aromatic heterocycles. The number of nitrogens with zero attached hydrogens (tertiary/aromatic N) is 4. The van der Waals surface area contributed by atoms with E-state index >= 15 is 0 Å². The highest BCUT2D eigenvalue weighted by Gasteiger charge is 2.22. The molecular formula is C26H27FN6O3. The van der Waals surface area contributed by atoms with E-state index < -0.39 is 23.4 Å². The lowest BCUT2D eigenvalue weighted by Gasteiger charge is -2.21. The van der Waals surface area contributed by atoms with Gasteiger partial charge in [0.05, 0.1) is 30.5 Å². The monoisotopic (exact) mass is 490 g/mol. The fraction of sp³-hybridized carbons (Fsp3) is 0.231. The molecule has 4 aromatic rings. The molecule has 1 unspecified atom stereocenters. The second-order valence-corrected chi connectivity index (χ2v) is 8.87. The SMILES string of the molecule is C=C(Nc1cc2nc(C(=O)NC(c3ccc(OC)c(F)c3)c3cnn(C)c3)ccc2cn1)C(C)(C)O. The van der Waals surface area contributed by atoms with E-state index in [0.29, 0.717) is 28.2 Å². The Morgan fingerprint density at radius 3 is 2.61 bits per heavy atom. The van der Waals surface area contributed by atoms with Crippen molar-refractivity contribution >= 4 is 22.6 Å². The van der Waals surface area contributed by atoms with E-state index in [2.05, 4.69) is 32.3 Å². The average Bonchev–Trinajstić information content (AvgIpc) is 3.27. The second-order valence-electron chi connectivity index (χ2n) is 8.87. The molecule has 0 spiro atoms. The zero-order chi connectivity index (χ0) is 26.0. The molecule has 0 saturated carbocycles. The summed E-state index contributed by atoms with van der Waals surface area (Å²) in [6, 6.07) is 8.85. The van der Waals surface area contributed by atoms with Crippen LogP contribution in [0.5, 0.6) is 5.75 Å². The maximum Gasteiger partial charge on any atom is 0.270 e. The van der Waals surface area contributed by atoms with Gasteiger partial charge in [-0.1, -0.05) is 12.6 Å². The lowest BCUT2D eigenvalue weighted by atomic mass is 10.0. The molecule has 0 fully saturated rings. The minimum absolute atomic E-state index is 0.108. The number of rotatable bonds is 8. The van der Waals surface area contributed by atoms with Gasteiger partial charge < -0.3 is 20.5 Å². The lowest BCUT2D eigenvalue weighted by Crippen LogP contribution is -2.30. The first-order chi connectivity index (χ1) is 17.0. The standard InChI is InChI=1S/C26H27FN6O3/c1-15(26(2,3)35)30-23-11-21-17(12-28-23)6-8-20(31-21)25(34)32-24(18-13-29-33(4)14-18)16-7-9-22(36-5)19(27)10-16/h6-14,24,35H,1H2,2-5H3,(H,28,30)(H,32,34). The van der Waals surface area contributed by atoms with Crippen LogP contribution in [0.25, 0.3) is 10.9 Å². The van der Waals surface area contributed by atoms with Crippen molar-refractivity contribution in [3.8, 4) is 5.75 Å². The summed E-state index contributed by atoms with van der Waals surface area (Å²) in [5, 5.41) is 20.9. The Bertz CT molecular complexity index is 1440. The van der Waals surface area contributed by atoms with Crippen molar-refractivity contribution in [3.05, 3.63) is 89.9 Å². The number of amides is 1. The van der Waals surface area contributed by atoms with Crippen molar-refractivity contribution in [1.82, 2.24) is 25.1 Å². The number of aromatic nitrogens is 4. The first-order valence-corrected chi connectivity index (χ1v) is 11.1. The van der Waals surface area contributed by atoms with Crippen LogP contribution in [0.3, 0.4) is 0 Å². The van der Waals surface area contributed by atoms with Crippen LogP contribution in [-0.4, -0.2) is 43.5 Å². The zero-order valence-electron chi connectivity index (χ0n) is 20.4. The summed E-state index contributed by atoms with van der Waals surface area (Å²) in [7, 11) is 3.15. The van der Waals surface area contributed by atoms with Gasteiger partial charge in [0.25, 0.3) is 5.91 Å². The molecule has 0 saturated heterocycles. The van der Waals surface area contributed by atoms with Gasteiger partial charge in [0.2, 0.25) is 0 Å².